The zero-order chi connectivity index (χ0) is 16.2. The summed E-state index contributed by atoms with van der Waals surface area (Å²) in [7, 11) is 3.74. The molecule has 3 N–H and O–H groups in total. The highest BCUT2D eigenvalue weighted by Crippen LogP contribution is 2.24. The maximum atomic E-state index is 12.0. The van der Waals surface area contributed by atoms with E-state index < -0.39 is 23.5 Å². The van der Waals surface area contributed by atoms with Crippen molar-refractivity contribution in [3.8, 4) is 0 Å². The van der Waals surface area contributed by atoms with Crippen LogP contribution in [0.4, 0.5) is 16.2 Å². The molecule has 2 amide bonds. The number of carbonyl (C=O) groups excluding carboxylic acids is 1. The molecule has 6 heteroatoms. The van der Waals surface area contributed by atoms with Gasteiger partial charge in [0.1, 0.15) is 6.04 Å². The van der Waals surface area contributed by atoms with Crippen LogP contribution in [-0.4, -0.2) is 37.2 Å². The Labute approximate surface area is 125 Å². The second-order valence-corrected chi connectivity index (χ2v) is 6.15. The third-order valence-corrected chi connectivity index (χ3v) is 3.02. The first-order valence-corrected chi connectivity index (χ1v) is 6.69. The Hall–Kier alpha value is -2.24. The second kappa shape index (κ2) is 6.47. The predicted octanol–water partition coefficient (Wildman–Crippen LogP) is 2.37. The summed E-state index contributed by atoms with van der Waals surface area (Å²) >= 11 is 0. The highest BCUT2D eigenvalue weighted by molar-refractivity contribution is 5.95. The second-order valence-electron chi connectivity index (χ2n) is 6.15. The molecule has 1 atom stereocenters. The number of nitrogens with zero attached hydrogens (tertiary/aromatic N) is 1. The predicted molar refractivity (Wildman–Crippen MR) is 83.8 cm³/mol. The van der Waals surface area contributed by atoms with Crippen molar-refractivity contribution in [3.63, 3.8) is 0 Å². The van der Waals surface area contributed by atoms with Crippen molar-refractivity contribution in [1.29, 1.82) is 0 Å². The molecule has 0 unspecified atom stereocenters. The van der Waals surface area contributed by atoms with Gasteiger partial charge in [-0.05, 0) is 17.5 Å². The molecule has 21 heavy (non-hydrogen) atoms. The summed E-state index contributed by atoms with van der Waals surface area (Å²) < 4.78 is 0. The van der Waals surface area contributed by atoms with E-state index in [2.05, 4.69) is 10.6 Å². The van der Waals surface area contributed by atoms with Crippen LogP contribution >= 0.6 is 0 Å². The lowest BCUT2D eigenvalue weighted by atomic mass is 9.87. The van der Waals surface area contributed by atoms with Crippen molar-refractivity contribution >= 4 is 23.4 Å². The lowest BCUT2D eigenvalue weighted by molar-refractivity contribution is -0.141. The Balaban J connectivity index is 2.85. The van der Waals surface area contributed by atoms with Crippen LogP contribution in [0.3, 0.4) is 0 Å². The van der Waals surface area contributed by atoms with Gasteiger partial charge in [0.15, 0.2) is 0 Å². The lowest BCUT2D eigenvalue weighted by Crippen LogP contribution is -2.50. The van der Waals surface area contributed by atoms with Gasteiger partial charge < -0.3 is 20.6 Å². The van der Waals surface area contributed by atoms with E-state index in [4.69, 9.17) is 0 Å². The summed E-state index contributed by atoms with van der Waals surface area (Å²) in [4.78, 5) is 25.2. The third kappa shape index (κ3) is 4.66. The van der Waals surface area contributed by atoms with Gasteiger partial charge in [-0.2, -0.15) is 0 Å². The van der Waals surface area contributed by atoms with Gasteiger partial charge in [0.05, 0.1) is 11.4 Å². The SMILES string of the molecule is CN(C)c1ccccc1NC(=O)N[C@H](C(=O)O)C(C)(C)C. The van der Waals surface area contributed by atoms with Gasteiger partial charge >= 0.3 is 12.0 Å². The maximum Gasteiger partial charge on any atom is 0.326 e. The number of aliphatic carboxylic acids is 1. The summed E-state index contributed by atoms with van der Waals surface area (Å²) in [6.07, 6.45) is 0. The number of benzene rings is 1. The van der Waals surface area contributed by atoms with Crippen LogP contribution in [0.2, 0.25) is 0 Å². The van der Waals surface area contributed by atoms with E-state index in [-0.39, 0.29) is 0 Å². The molecule has 0 spiro atoms. The maximum absolute atomic E-state index is 12.0. The minimum atomic E-state index is -1.06. The van der Waals surface area contributed by atoms with Crippen LogP contribution < -0.4 is 15.5 Å². The highest BCUT2D eigenvalue weighted by atomic mass is 16.4. The molecule has 1 aromatic rings. The Morgan fingerprint density at radius 2 is 1.76 bits per heavy atom. The van der Waals surface area contributed by atoms with Crippen molar-refractivity contribution in [2.75, 3.05) is 24.3 Å². The molecule has 1 rings (SSSR count). The molecule has 1 aromatic carbocycles. The minimum Gasteiger partial charge on any atom is -0.480 e. The first-order chi connectivity index (χ1) is 9.62. The molecule has 6 nitrogen and oxygen atoms in total. The average Bonchev–Trinajstić information content (AvgIpc) is 2.34. The average molecular weight is 293 g/mol. The molecule has 0 aromatic heterocycles. The van der Waals surface area contributed by atoms with Crippen molar-refractivity contribution in [3.05, 3.63) is 24.3 Å². The lowest BCUT2D eigenvalue weighted by Gasteiger charge is -2.28. The van der Waals surface area contributed by atoms with Crippen LogP contribution in [0, 0.1) is 5.41 Å². The standard InChI is InChI=1S/C15H23N3O3/c1-15(2,3)12(13(19)20)17-14(21)16-10-8-6-7-9-11(10)18(4)5/h6-9,12H,1-5H3,(H,19,20)(H2,16,17,21)/t12-/m1/s1. The van der Waals surface area contributed by atoms with E-state index in [1.165, 1.54) is 0 Å². The number of carbonyl (C=O) groups is 2. The summed E-state index contributed by atoms with van der Waals surface area (Å²) in [5.41, 5.74) is 0.887. The molecule has 0 fully saturated rings. The number of anilines is 2. The van der Waals surface area contributed by atoms with Crippen LogP contribution in [0.15, 0.2) is 24.3 Å². The quantitative estimate of drug-likeness (QED) is 0.796. The van der Waals surface area contributed by atoms with E-state index in [1.807, 2.05) is 31.1 Å². The fourth-order valence-electron chi connectivity index (χ4n) is 1.91. The van der Waals surface area contributed by atoms with Gasteiger partial charge in [-0.15, -0.1) is 0 Å². The fourth-order valence-corrected chi connectivity index (χ4v) is 1.91. The van der Waals surface area contributed by atoms with Crippen LogP contribution in [0.25, 0.3) is 0 Å². The van der Waals surface area contributed by atoms with Gasteiger partial charge in [0.2, 0.25) is 0 Å². The van der Waals surface area contributed by atoms with Crippen molar-refractivity contribution < 1.29 is 14.7 Å². The Bertz CT molecular complexity index is 521. The van der Waals surface area contributed by atoms with Crippen LogP contribution in [0.5, 0.6) is 0 Å². The topological polar surface area (TPSA) is 81.7 Å². The molecule has 0 saturated heterocycles. The number of rotatable bonds is 4. The van der Waals surface area contributed by atoms with Crippen molar-refractivity contribution in [2.24, 2.45) is 5.41 Å². The molecule has 0 heterocycles. The van der Waals surface area contributed by atoms with Gasteiger partial charge in [-0.25, -0.2) is 9.59 Å². The van der Waals surface area contributed by atoms with Gasteiger partial charge in [0, 0.05) is 14.1 Å². The van der Waals surface area contributed by atoms with E-state index in [0.29, 0.717) is 5.69 Å². The molecular weight excluding hydrogens is 270 g/mol. The molecule has 0 aliphatic carbocycles. The normalized spacial score (nSPS) is 12.4. The largest absolute Gasteiger partial charge is 0.480 e. The number of para-hydroxylation sites is 2. The number of hydrogen-bond donors (Lipinski definition) is 3. The summed E-state index contributed by atoms with van der Waals surface area (Å²) in [6.45, 7) is 5.29. The van der Waals surface area contributed by atoms with Gasteiger partial charge in [-0.3, -0.25) is 0 Å². The third-order valence-electron chi connectivity index (χ3n) is 3.02. The summed E-state index contributed by atoms with van der Waals surface area (Å²) in [5.74, 6) is -1.06. The monoisotopic (exact) mass is 293 g/mol. The van der Waals surface area contributed by atoms with Gasteiger partial charge in [0.25, 0.3) is 0 Å². The number of carboxylic acids is 1. The Kier molecular flexibility index (Phi) is 5.18. The molecule has 0 aliphatic heterocycles. The van der Waals surface area contributed by atoms with Gasteiger partial charge in [-0.1, -0.05) is 32.9 Å². The molecular formula is C15H23N3O3. The minimum absolute atomic E-state index is 0.536. The molecule has 0 radical (unpaired) electrons. The highest BCUT2D eigenvalue weighted by Gasteiger charge is 2.32. The zero-order valence-electron chi connectivity index (χ0n) is 13.1. The molecule has 116 valence electrons. The van der Waals surface area contributed by atoms with E-state index in [9.17, 15) is 14.7 Å². The molecule has 0 bridgehead atoms. The smallest absolute Gasteiger partial charge is 0.326 e. The first kappa shape index (κ1) is 16.8. The van der Waals surface area contributed by atoms with E-state index in [0.717, 1.165) is 5.69 Å². The van der Waals surface area contributed by atoms with Crippen LogP contribution in [-0.2, 0) is 4.79 Å². The molecule has 0 saturated carbocycles. The Morgan fingerprint density at radius 1 is 1.19 bits per heavy atom. The van der Waals surface area contributed by atoms with E-state index in [1.54, 1.807) is 32.9 Å². The molecule has 0 aliphatic rings. The summed E-state index contributed by atoms with van der Waals surface area (Å²) in [6, 6.07) is 5.81. The van der Waals surface area contributed by atoms with Crippen molar-refractivity contribution in [2.45, 2.75) is 26.8 Å². The Morgan fingerprint density at radius 3 is 2.24 bits per heavy atom. The number of carboxylic acid groups (broad SMARTS) is 1. The number of amides is 2. The number of urea groups is 1. The number of hydrogen-bond acceptors (Lipinski definition) is 3. The van der Waals surface area contributed by atoms with Crippen molar-refractivity contribution in [1.82, 2.24) is 5.32 Å². The first-order valence-electron chi connectivity index (χ1n) is 6.69. The van der Waals surface area contributed by atoms with E-state index >= 15 is 0 Å². The number of nitrogens with one attached hydrogen (secondary N) is 2. The summed E-state index contributed by atoms with van der Waals surface area (Å²) in [5, 5.41) is 14.4. The fraction of sp³-hybridized carbons (Fsp3) is 0.467. The zero-order valence-corrected chi connectivity index (χ0v) is 13.1. The van der Waals surface area contributed by atoms with Crippen LogP contribution in [0.1, 0.15) is 20.8 Å².